The Bertz CT molecular complexity index is 748. The van der Waals surface area contributed by atoms with E-state index in [1.807, 2.05) is 30.3 Å². The van der Waals surface area contributed by atoms with Crippen LogP contribution in [0, 0.1) is 0 Å². The van der Waals surface area contributed by atoms with Gasteiger partial charge in [0, 0.05) is 6.54 Å². The third kappa shape index (κ3) is 5.46. The number of para-hydroxylation sites is 1. The maximum Gasteiger partial charge on any atom is 0.244 e. The van der Waals surface area contributed by atoms with Gasteiger partial charge >= 0.3 is 0 Å². The fraction of sp³-hybridized carbons (Fsp3) is 0.263. The molecule has 2 rings (SSSR count). The van der Waals surface area contributed by atoms with Gasteiger partial charge in [-0.3, -0.25) is 9.59 Å². The average molecular weight is 394 g/mol. The lowest BCUT2D eigenvalue weighted by molar-refractivity contribution is -0.135. The summed E-state index contributed by atoms with van der Waals surface area (Å²) >= 11 is 12.1. The van der Waals surface area contributed by atoms with Crippen LogP contribution in [-0.2, 0) is 16.0 Å². The number of carbonyl (C=O) groups is 2. The first-order chi connectivity index (χ1) is 12.4. The molecule has 3 N–H and O–H groups in total. The third-order valence-electron chi connectivity index (χ3n) is 3.87. The summed E-state index contributed by atoms with van der Waals surface area (Å²) in [4.78, 5) is 26.3. The van der Waals surface area contributed by atoms with E-state index >= 15 is 0 Å². The number of hydrogen-bond donors (Lipinski definition) is 2. The monoisotopic (exact) mass is 393 g/mol. The van der Waals surface area contributed by atoms with E-state index in [0.29, 0.717) is 28.7 Å². The van der Waals surface area contributed by atoms with Crippen LogP contribution in [0.3, 0.4) is 0 Å². The maximum absolute atomic E-state index is 12.6. The third-order valence-corrected chi connectivity index (χ3v) is 4.50. The summed E-state index contributed by atoms with van der Waals surface area (Å²) in [7, 11) is 0. The molecular weight excluding hydrogens is 373 g/mol. The maximum atomic E-state index is 12.6. The van der Waals surface area contributed by atoms with E-state index in [1.165, 1.54) is 4.90 Å². The van der Waals surface area contributed by atoms with E-state index in [-0.39, 0.29) is 18.4 Å². The standard InChI is InChI=1S/C19H21Cl2N3O2/c1-2-24(19(26)16(22)11-13-7-4-3-5-8-13)12-17(25)23-18-14(20)9-6-10-15(18)21/h3-10,16H,2,11-12,22H2,1H3,(H,23,25)/t16-/m0/s1. The first-order valence-electron chi connectivity index (χ1n) is 8.24. The highest BCUT2D eigenvalue weighted by atomic mass is 35.5. The highest BCUT2D eigenvalue weighted by molar-refractivity contribution is 6.39. The molecule has 0 spiro atoms. The molecule has 5 nitrogen and oxygen atoms in total. The van der Waals surface area contributed by atoms with Crippen molar-refractivity contribution >= 4 is 40.7 Å². The van der Waals surface area contributed by atoms with Crippen LogP contribution in [-0.4, -0.2) is 35.8 Å². The van der Waals surface area contributed by atoms with Gasteiger partial charge < -0.3 is 16.0 Å². The summed E-state index contributed by atoms with van der Waals surface area (Å²) in [6.07, 6.45) is 0.411. The fourth-order valence-electron chi connectivity index (χ4n) is 2.50. The molecule has 0 radical (unpaired) electrons. The predicted octanol–water partition coefficient (Wildman–Crippen LogP) is 3.35. The quantitative estimate of drug-likeness (QED) is 0.756. The van der Waals surface area contributed by atoms with Gasteiger partial charge in [-0.2, -0.15) is 0 Å². The Labute approximate surface area is 163 Å². The molecule has 0 unspecified atom stereocenters. The molecule has 1 atom stereocenters. The number of halogens is 2. The molecule has 0 aliphatic rings. The van der Waals surface area contributed by atoms with Crippen LogP contribution in [0.15, 0.2) is 48.5 Å². The van der Waals surface area contributed by atoms with Gasteiger partial charge in [0.15, 0.2) is 0 Å². The van der Waals surface area contributed by atoms with Crippen molar-refractivity contribution in [2.24, 2.45) is 5.73 Å². The zero-order valence-corrected chi connectivity index (χ0v) is 15.9. The molecule has 0 aliphatic carbocycles. The molecule has 0 aromatic heterocycles. The van der Waals surface area contributed by atoms with Gasteiger partial charge in [-0.1, -0.05) is 59.6 Å². The Balaban J connectivity index is 1.99. The van der Waals surface area contributed by atoms with Gasteiger partial charge in [0.2, 0.25) is 11.8 Å². The van der Waals surface area contributed by atoms with Crippen molar-refractivity contribution in [3.63, 3.8) is 0 Å². The number of amides is 2. The Hall–Kier alpha value is -2.08. The lowest BCUT2D eigenvalue weighted by Crippen LogP contribution is -2.47. The van der Waals surface area contributed by atoms with E-state index < -0.39 is 6.04 Å². The number of hydrogen-bond acceptors (Lipinski definition) is 3. The van der Waals surface area contributed by atoms with Crippen LogP contribution in [0.2, 0.25) is 10.0 Å². The molecule has 7 heteroatoms. The zero-order chi connectivity index (χ0) is 19.1. The molecule has 0 heterocycles. The number of anilines is 1. The van der Waals surface area contributed by atoms with Gasteiger partial charge in [-0.15, -0.1) is 0 Å². The number of benzene rings is 2. The first-order valence-corrected chi connectivity index (χ1v) is 9.00. The van der Waals surface area contributed by atoms with Crippen molar-refractivity contribution in [3.8, 4) is 0 Å². The average Bonchev–Trinajstić information content (AvgIpc) is 2.63. The Kier molecular flexibility index (Phi) is 7.45. The predicted molar refractivity (Wildman–Crippen MR) is 105 cm³/mol. The molecule has 138 valence electrons. The van der Waals surface area contributed by atoms with E-state index in [9.17, 15) is 9.59 Å². The highest BCUT2D eigenvalue weighted by Gasteiger charge is 2.22. The molecule has 0 bridgehead atoms. The molecule has 0 aliphatic heterocycles. The van der Waals surface area contributed by atoms with Crippen LogP contribution in [0.1, 0.15) is 12.5 Å². The second-order valence-corrected chi connectivity index (χ2v) is 6.61. The van der Waals surface area contributed by atoms with Crippen molar-refractivity contribution in [3.05, 3.63) is 64.1 Å². The SMILES string of the molecule is CCN(CC(=O)Nc1c(Cl)cccc1Cl)C(=O)[C@@H](N)Cc1ccccc1. The summed E-state index contributed by atoms with van der Waals surface area (Å²) < 4.78 is 0. The first kappa shape index (κ1) is 20.2. The van der Waals surface area contributed by atoms with E-state index in [1.54, 1.807) is 25.1 Å². The second kappa shape index (κ2) is 9.57. The number of rotatable bonds is 7. The van der Waals surface area contributed by atoms with Gasteiger partial charge in [-0.25, -0.2) is 0 Å². The lowest BCUT2D eigenvalue weighted by atomic mass is 10.1. The Morgan fingerprint density at radius 2 is 1.69 bits per heavy atom. The van der Waals surface area contributed by atoms with Crippen LogP contribution in [0.4, 0.5) is 5.69 Å². The van der Waals surface area contributed by atoms with Crippen LogP contribution in [0.25, 0.3) is 0 Å². The lowest BCUT2D eigenvalue weighted by Gasteiger charge is -2.24. The molecule has 0 saturated heterocycles. The number of likely N-dealkylation sites (N-methyl/N-ethyl adjacent to an activating group) is 1. The molecule has 26 heavy (non-hydrogen) atoms. The van der Waals surface area contributed by atoms with Crippen molar-refractivity contribution in [1.82, 2.24) is 4.90 Å². The summed E-state index contributed by atoms with van der Waals surface area (Å²) in [5, 5.41) is 3.32. The minimum Gasteiger partial charge on any atom is -0.332 e. The van der Waals surface area contributed by atoms with Gasteiger partial charge in [0.25, 0.3) is 0 Å². The number of carbonyl (C=O) groups excluding carboxylic acids is 2. The van der Waals surface area contributed by atoms with Gasteiger partial charge in [0.1, 0.15) is 0 Å². The molecule has 2 aromatic carbocycles. The summed E-state index contributed by atoms with van der Waals surface area (Å²) in [5.41, 5.74) is 7.34. The fourth-order valence-corrected chi connectivity index (χ4v) is 3.00. The number of nitrogens with zero attached hydrogens (tertiary/aromatic N) is 1. The van der Waals surface area contributed by atoms with Crippen molar-refractivity contribution in [2.45, 2.75) is 19.4 Å². The van der Waals surface area contributed by atoms with Crippen LogP contribution in [0.5, 0.6) is 0 Å². The molecule has 2 aromatic rings. The molecule has 0 fully saturated rings. The van der Waals surface area contributed by atoms with E-state index in [4.69, 9.17) is 28.9 Å². The smallest absolute Gasteiger partial charge is 0.244 e. The minimum atomic E-state index is -0.714. The largest absolute Gasteiger partial charge is 0.332 e. The Morgan fingerprint density at radius 3 is 2.27 bits per heavy atom. The zero-order valence-electron chi connectivity index (χ0n) is 14.4. The minimum absolute atomic E-state index is 0.126. The number of nitrogens with one attached hydrogen (secondary N) is 1. The van der Waals surface area contributed by atoms with Crippen LogP contribution < -0.4 is 11.1 Å². The summed E-state index contributed by atoms with van der Waals surface area (Å²) in [6, 6.07) is 13.7. The van der Waals surface area contributed by atoms with Gasteiger partial charge in [-0.05, 0) is 31.0 Å². The Morgan fingerprint density at radius 1 is 1.08 bits per heavy atom. The topological polar surface area (TPSA) is 75.4 Å². The van der Waals surface area contributed by atoms with Crippen LogP contribution >= 0.6 is 23.2 Å². The highest BCUT2D eigenvalue weighted by Crippen LogP contribution is 2.29. The van der Waals surface area contributed by atoms with Crippen molar-refractivity contribution in [2.75, 3.05) is 18.4 Å². The summed E-state index contributed by atoms with van der Waals surface area (Å²) in [5.74, 6) is -0.668. The van der Waals surface area contributed by atoms with Gasteiger partial charge in [0.05, 0.1) is 28.3 Å². The molecule has 2 amide bonds. The number of nitrogens with two attached hydrogens (primary N) is 1. The van der Waals surface area contributed by atoms with E-state index in [0.717, 1.165) is 5.56 Å². The second-order valence-electron chi connectivity index (χ2n) is 5.79. The van der Waals surface area contributed by atoms with Crippen molar-refractivity contribution in [1.29, 1.82) is 0 Å². The van der Waals surface area contributed by atoms with E-state index in [2.05, 4.69) is 5.32 Å². The van der Waals surface area contributed by atoms with Crippen molar-refractivity contribution < 1.29 is 9.59 Å². The molecular formula is C19H21Cl2N3O2. The normalized spacial score (nSPS) is 11.7. The summed E-state index contributed by atoms with van der Waals surface area (Å²) in [6.45, 7) is 2.03. The molecule has 0 saturated carbocycles.